The third-order valence-corrected chi connectivity index (χ3v) is 3.59. The highest BCUT2D eigenvalue weighted by atomic mass is 16.5. The van der Waals surface area contributed by atoms with E-state index in [0.29, 0.717) is 19.3 Å². The van der Waals surface area contributed by atoms with E-state index in [-0.39, 0.29) is 6.42 Å². The smallest absolute Gasteiger partial charge is 0.122 e. The monoisotopic (exact) mass is 250 g/mol. The SMILES string of the molecule is COc1ccc(OC)c2c1CCC(O)(CC=O)C2. The first kappa shape index (κ1) is 12.9. The van der Waals surface area contributed by atoms with Gasteiger partial charge in [0.2, 0.25) is 0 Å². The van der Waals surface area contributed by atoms with Crippen molar-refractivity contribution in [1.29, 1.82) is 0 Å². The van der Waals surface area contributed by atoms with Crippen LogP contribution < -0.4 is 9.47 Å². The topological polar surface area (TPSA) is 55.8 Å². The maximum atomic E-state index is 10.7. The Labute approximate surface area is 107 Å². The molecule has 0 aromatic heterocycles. The molecule has 1 aromatic carbocycles. The van der Waals surface area contributed by atoms with Crippen LogP contribution in [-0.4, -0.2) is 31.2 Å². The molecule has 0 saturated carbocycles. The van der Waals surface area contributed by atoms with Gasteiger partial charge in [-0.2, -0.15) is 0 Å². The van der Waals surface area contributed by atoms with Crippen LogP contribution in [-0.2, 0) is 17.6 Å². The average Bonchev–Trinajstić information content (AvgIpc) is 2.37. The van der Waals surface area contributed by atoms with Gasteiger partial charge in [0.25, 0.3) is 0 Å². The molecule has 98 valence electrons. The fourth-order valence-electron chi connectivity index (χ4n) is 2.60. The Balaban J connectivity index is 2.43. The molecule has 18 heavy (non-hydrogen) atoms. The molecule has 1 atom stereocenters. The van der Waals surface area contributed by atoms with Gasteiger partial charge in [0, 0.05) is 24.0 Å². The van der Waals surface area contributed by atoms with Gasteiger partial charge in [-0.15, -0.1) is 0 Å². The Hall–Kier alpha value is -1.55. The molecule has 0 aliphatic heterocycles. The third-order valence-electron chi connectivity index (χ3n) is 3.59. The predicted octanol–water partition coefficient (Wildman–Crippen LogP) is 1.51. The summed E-state index contributed by atoms with van der Waals surface area (Å²) in [7, 11) is 3.24. The van der Waals surface area contributed by atoms with Crippen molar-refractivity contribution in [2.24, 2.45) is 0 Å². The van der Waals surface area contributed by atoms with Crippen LogP contribution in [0, 0.1) is 0 Å². The highest BCUT2D eigenvalue weighted by molar-refractivity contribution is 5.55. The fourth-order valence-corrected chi connectivity index (χ4v) is 2.60. The van der Waals surface area contributed by atoms with Crippen LogP contribution >= 0.6 is 0 Å². The highest BCUT2D eigenvalue weighted by Crippen LogP contribution is 2.40. The third kappa shape index (κ3) is 2.20. The molecule has 4 heteroatoms. The van der Waals surface area contributed by atoms with Gasteiger partial charge >= 0.3 is 0 Å². The Morgan fingerprint density at radius 3 is 2.44 bits per heavy atom. The summed E-state index contributed by atoms with van der Waals surface area (Å²) in [4.78, 5) is 10.7. The molecule has 0 heterocycles. The van der Waals surface area contributed by atoms with Gasteiger partial charge in [0.15, 0.2) is 0 Å². The first-order valence-corrected chi connectivity index (χ1v) is 6.02. The number of fused-ring (bicyclic) bond motifs is 1. The molecular formula is C14H18O4. The molecule has 0 fully saturated rings. The van der Waals surface area contributed by atoms with Crippen LogP contribution in [0.1, 0.15) is 24.0 Å². The van der Waals surface area contributed by atoms with E-state index in [1.807, 2.05) is 12.1 Å². The van der Waals surface area contributed by atoms with Crippen LogP contribution in [0.4, 0.5) is 0 Å². The van der Waals surface area contributed by atoms with E-state index in [0.717, 1.165) is 28.9 Å². The van der Waals surface area contributed by atoms with Crippen LogP contribution in [0.15, 0.2) is 12.1 Å². The molecular weight excluding hydrogens is 232 g/mol. The summed E-state index contributed by atoms with van der Waals surface area (Å²) in [6.07, 6.45) is 2.63. The van der Waals surface area contributed by atoms with Crippen molar-refractivity contribution in [2.45, 2.75) is 31.3 Å². The lowest BCUT2D eigenvalue weighted by Gasteiger charge is -2.33. The zero-order valence-corrected chi connectivity index (χ0v) is 10.7. The highest BCUT2D eigenvalue weighted by Gasteiger charge is 2.34. The summed E-state index contributed by atoms with van der Waals surface area (Å²) in [5, 5.41) is 10.4. The zero-order valence-electron chi connectivity index (χ0n) is 10.7. The number of aliphatic hydroxyl groups is 1. The first-order valence-electron chi connectivity index (χ1n) is 6.02. The van der Waals surface area contributed by atoms with E-state index in [1.54, 1.807) is 14.2 Å². The Kier molecular flexibility index (Phi) is 3.57. The number of hydrogen-bond donors (Lipinski definition) is 1. The maximum absolute atomic E-state index is 10.7. The lowest BCUT2D eigenvalue weighted by Crippen LogP contribution is -2.36. The summed E-state index contributed by atoms with van der Waals surface area (Å²) in [6, 6.07) is 3.71. The molecule has 1 aromatic rings. The number of carbonyl (C=O) groups is 1. The van der Waals surface area contributed by atoms with Crippen molar-refractivity contribution in [3.8, 4) is 11.5 Å². The molecule has 1 aliphatic carbocycles. The standard InChI is InChI=1S/C14H18O4/c1-17-12-3-4-13(18-2)11-9-14(16,7-8-15)6-5-10(11)12/h3-4,8,16H,5-7,9H2,1-2H3. The van der Waals surface area contributed by atoms with Gasteiger partial charge in [0.05, 0.1) is 19.8 Å². The van der Waals surface area contributed by atoms with Crippen LogP contribution in [0.25, 0.3) is 0 Å². The molecule has 0 radical (unpaired) electrons. The lowest BCUT2D eigenvalue weighted by molar-refractivity contribution is -0.112. The van der Waals surface area contributed by atoms with Crippen LogP contribution in [0.3, 0.4) is 0 Å². The molecule has 0 amide bonds. The van der Waals surface area contributed by atoms with Gasteiger partial charge in [0.1, 0.15) is 17.8 Å². The van der Waals surface area contributed by atoms with E-state index in [4.69, 9.17) is 9.47 Å². The second-order valence-electron chi connectivity index (χ2n) is 4.70. The summed E-state index contributed by atoms with van der Waals surface area (Å²) in [6.45, 7) is 0. The quantitative estimate of drug-likeness (QED) is 0.823. The van der Waals surface area contributed by atoms with E-state index in [2.05, 4.69) is 0 Å². The first-order chi connectivity index (χ1) is 8.63. The molecule has 1 N–H and O–H groups in total. The van der Waals surface area contributed by atoms with Crippen molar-refractivity contribution in [3.63, 3.8) is 0 Å². The largest absolute Gasteiger partial charge is 0.496 e. The van der Waals surface area contributed by atoms with Crippen molar-refractivity contribution in [3.05, 3.63) is 23.3 Å². The number of ether oxygens (including phenoxy) is 2. The number of benzene rings is 1. The van der Waals surface area contributed by atoms with E-state index >= 15 is 0 Å². The van der Waals surface area contributed by atoms with Crippen LogP contribution in [0.5, 0.6) is 11.5 Å². The molecule has 0 spiro atoms. The molecule has 0 bridgehead atoms. The lowest BCUT2D eigenvalue weighted by atomic mass is 9.78. The molecule has 2 rings (SSSR count). The Bertz CT molecular complexity index is 455. The minimum Gasteiger partial charge on any atom is -0.496 e. The van der Waals surface area contributed by atoms with E-state index in [9.17, 15) is 9.90 Å². The summed E-state index contributed by atoms with van der Waals surface area (Å²) in [5.41, 5.74) is 1.08. The number of aldehydes is 1. The van der Waals surface area contributed by atoms with Crippen molar-refractivity contribution >= 4 is 6.29 Å². The number of carbonyl (C=O) groups excluding carboxylic acids is 1. The fraction of sp³-hybridized carbons (Fsp3) is 0.500. The summed E-state index contributed by atoms with van der Waals surface area (Å²) >= 11 is 0. The van der Waals surface area contributed by atoms with Gasteiger partial charge in [-0.25, -0.2) is 0 Å². The zero-order chi connectivity index (χ0) is 13.2. The van der Waals surface area contributed by atoms with Crippen molar-refractivity contribution in [1.82, 2.24) is 0 Å². The maximum Gasteiger partial charge on any atom is 0.122 e. The Morgan fingerprint density at radius 2 is 1.89 bits per heavy atom. The summed E-state index contributed by atoms with van der Waals surface area (Å²) < 4.78 is 10.7. The van der Waals surface area contributed by atoms with Gasteiger partial charge in [-0.05, 0) is 25.0 Å². The van der Waals surface area contributed by atoms with Crippen molar-refractivity contribution < 1.29 is 19.4 Å². The second-order valence-corrected chi connectivity index (χ2v) is 4.70. The summed E-state index contributed by atoms with van der Waals surface area (Å²) in [5.74, 6) is 1.56. The minimum absolute atomic E-state index is 0.160. The van der Waals surface area contributed by atoms with E-state index < -0.39 is 5.60 Å². The predicted molar refractivity (Wildman–Crippen MR) is 67.2 cm³/mol. The number of rotatable bonds is 4. The number of hydrogen-bond acceptors (Lipinski definition) is 4. The normalized spacial score (nSPS) is 22.2. The Morgan fingerprint density at radius 1 is 1.28 bits per heavy atom. The molecule has 1 unspecified atom stereocenters. The molecule has 0 saturated heterocycles. The average molecular weight is 250 g/mol. The molecule has 1 aliphatic rings. The van der Waals surface area contributed by atoms with E-state index in [1.165, 1.54) is 0 Å². The number of methoxy groups -OCH3 is 2. The van der Waals surface area contributed by atoms with Crippen LogP contribution in [0.2, 0.25) is 0 Å². The minimum atomic E-state index is -0.950. The molecule has 4 nitrogen and oxygen atoms in total. The second kappa shape index (κ2) is 4.98. The van der Waals surface area contributed by atoms with Gasteiger partial charge in [-0.1, -0.05) is 0 Å². The van der Waals surface area contributed by atoms with Gasteiger partial charge in [-0.3, -0.25) is 0 Å². The van der Waals surface area contributed by atoms with Crippen molar-refractivity contribution in [2.75, 3.05) is 14.2 Å². The van der Waals surface area contributed by atoms with Gasteiger partial charge < -0.3 is 19.4 Å².